The van der Waals surface area contributed by atoms with Crippen LogP contribution in [-0.4, -0.2) is 4.57 Å². The van der Waals surface area contributed by atoms with Crippen LogP contribution >= 0.6 is 0 Å². The molecule has 2 aliphatic rings. The SMILES string of the molecule is CC1(C)c2ccccc2-c2ccc(N(c3ccc(-c4ccccc4)cc3)c3cc4c(c5ccccc35)c3c5ccccc5c(N(c5ccc(-c6ccccc6)cc5)c5ccc6c(c5)C(C)(C)c5ccccc5-6)cc3n4-c3ccccc3)cc21. The highest BCUT2D eigenvalue weighted by molar-refractivity contribution is 6.32. The van der Waals surface area contributed by atoms with Gasteiger partial charge < -0.3 is 14.4 Å². The zero-order valence-corrected chi connectivity index (χ0v) is 47.0. The third-order valence-electron chi connectivity index (χ3n) is 18.3. The molecule has 16 rings (SSSR count). The number of benzene rings is 13. The molecule has 0 bridgehead atoms. The molecule has 0 saturated carbocycles. The van der Waals surface area contributed by atoms with Gasteiger partial charge in [0.2, 0.25) is 0 Å². The van der Waals surface area contributed by atoms with Crippen LogP contribution in [0.3, 0.4) is 0 Å². The highest BCUT2D eigenvalue weighted by Gasteiger charge is 2.38. The van der Waals surface area contributed by atoms with E-state index in [-0.39, 0.29) is 10.8 Å². The lowest BCUT2D eigenvalue weighted by atomic mass is 9.82. The summed E-state index contributed by atoms with van der Waals surface area (Å²) in [4.78, 5) is 5.03. The van der Waals surface area contributed by atoms with E-state index in [0.29, 0.717) is 0 Å². The first-order valence-corrected chi connectivity index (χ1v) is 29.1. The third-order valence-corrected chi connectivity index (χ3v) is 18.3. The molecule has 13 aromatic carbocycles. The van der Waals surface area contributed by atoms with Crippen molar-refractivity contribution in [3.8, 4) is 50.2 Å². The minimum atomic E-state index is -0.186. The number of aromatic nitrogens is 1. The number of hydrogen-bond acceptors (Lipinski definition) is 2. The van der Waals surface area contributed by atoms with Crippen molar-refractivity contribution in [3.63, 3.8) is 0 Å². The van der Waals surface area contributed by atoms with Crippen molar-refractivity contribution in [2.24, 2.45) is 0 Å². The first-order chi connectivity index (χ1) is 40.7. The predicted octanol–water partition coefficient (Wildman–Crippen LogP) is 22.0. The van der Waals surface area contributed by atoms with Crippen molar-refractivity contribution in [3.05, 3.63) is 307 Å². The number of para-hydroxylation sites is 1. The molecule has 1 aromatic heterocycles. The maximum absolute atomic E-state index is 2.54. The van der Waals surface area contributed by atoms with Gasteiger partial charge in [0.25, 0.3) is 0 Å². The molecular formula is C80H59N3. The van der Waals surface area contributed by atoms with Crippen molar-refractivity contribution in [2.75, 3.05) is 9.80 Å². The summed E-state index contributed by atoms with van der Waals surface area (Å²) < 4.78 is 2.54. The standard InChI is InChI=1S/C80H59N3/c1-79(2)69-34-20-18-28-61(69)63-46-44-59(48-71(63)79)81(57-40-36-54(37-41-57)52-22-8-5-9-23-52)73-50-75-77(67-32-16-14-30-65(67)73)78-68-33-17-15-31-66(68)74(51-76(78)83(75)56-26-12-7-13-27-56)82(58-42-38-55(39-43-58)53-24-10-6-11-25-53)60-45-47-64-62-29-19-21-35-70(62)80(3,4)72(64)49-60/h5-51H,1-4H3. The van der Waals surface area contributed by atoms with Crippen LogP contribution in [0.1, 0.15) is 49.9 Å². The van der Waals surface area contributed by atoms with Gasteiger partial charge in [-0.25, -0.2) is 0 Å². The molecule has 14 aromatic rings. The molecule has 2 aliphatic carbocycles. The molecule has 0 spiro atoms. The summed E-state index contributed by atoms with van der Waals surface area (Å²) in [5.41, 5.74) is 25.0. The lowest BCUT2D eigenvalue weighted by Crippen LogP contribution is -2.16. The second kappa shape index (κ2) is 18.7. The summed E-state index contributed by atoms with van der Waals surface area (Å²) in [5.74, 6) is 0. The Labute approximate surface area is 485 Å². The van der Waals surface area contributed by atoms with Gasteiger partial charge in [-0.3, -0.25) is 0 Å². The quantitative estimate of drug-likeness (QED) is 0.143. The molecule has 0 atom stereocenters. The van der Waals surface area contributed by atoms with Crippen LogP contribution in [0, 0.1) is 0 Å². The summed E-state index contributed by atoms with van der Waals surface area (Å²) in [7, 11) is 0. The topological polar surface area (TPSA) is 11.4 Å². The maximum Gasteiger partial charge on any atom is 0.0568 e. The molecule has 0 unspecified atom stereocenters. The highest BCUT2D eigenvalue weighted by Crippen LogP contribution is 2.55. The Bertz CT molecular complexity index is 4590. The van der Waals surface area contributed by atoms with Crippen molar-refractivity contribution in [1.82, 2.24) is 4.57 Å². The Morgan fingerprint density at radius 1 is 0.265 bits per heavy atom. The number of rotatable bonds is 9. The molecule has 3 heteroatoms. The van der Waals surface area contributed by atoms with Crippen LogP contribution in [-0.2, 0) is 10.8 Å². The van der Waals surface area contributed by atoms with Crippen LogP contribution in [0.15, 0.2) is 285 Å². The molecule has 0 N–H and O–H groups in total. The van der Waals surface area contributed by atoms with Crippen LogP contribution < -0.4 is 9.80 Å². The normalized spacial score (nSPS) is 13.5. The molecule has 1 heterocycles. The molecular weight excluding hydrogens is 1000 g/mol. The van der Waals surface area contributed by atoms with E-state index in [0.717, 1.165) is 50.8 Å². The molecule has 83 heavy (non-hydrogen) atoms. The van der Waals surface area contributed by atoms with Crippen molar-refractivity contribution < 1.29 is 0 Å². The Hall–Kier alpha value is -10.2. The fourth-order valence-electron chi connectivity index (χ4n) is 14.3. The van der Waals surface area contributed by atoms with E-state index in [1.54, 1.807) is 0 Å². The minimum absolute atomic E-state index is 0.186. The van der Waals surface area contributed by atoms with Crippen molar-refractivity contribution in [1.29, 1.82) is 0 Å². The third kappa shape index (κ3) is 7.51. The van der Waals surface area contributed by atoms with E-state index in [4.69, 9.17) is 0 Å². The lowest BCUT2D eigenvalue weighted by molar-refractivity contribution is 0.660. The smallest absolute Gasteiger partial charge is 0.0568 e. The summed E-state index contributed by atoms with van der Waals surface area (Å²) in [5, 5.41) is 7.21. The van der Waals surface area contributed by atoms with Gasteiger partial charge in [-0.15, -0.1) is 0 Å². The van der Waals surface area contributed by atoms with Gasteiger partial charge in [0.1, 0.15) is 0 Å². The maximum atomic E-state index is 2.54. The number of hydrogen-bond donors (Lipinski definition) is 0. The van der Waals surface area contributed by atoms with Crippen LogP contribution in [0.4, 0.5) is 34.1 Å². The van der Waals surface area contributed by atoms with Crippen LogP contribution in [0.2, 0.25) is 0 Å². The van der Waals surface area contributed by atoms with Gasteiger partial charge in [-0.1, -0.05) is 240 Å². The summed E-state index contributed by atoms with van der Waals surface area (Å²) in [6.07, 6.45) is 0. The van der Waals surface area contributed by atoms with E-state index >= 15 is 0 Å². The second-order valence-corrected chi connectivity index (χ2v) is 23.6. The van der Waals surface area contributed by atoms with Crippen molar-refractivity contribution in [2.45, 2.75) is 38.5 Å². The first kappa shape index (κ1) is 48.7. The predicted molar refractivity (Wildman–Crippen MR) is 351 cm³/mol. The zero-order chi connectivity index (χ0) is 55.6. The Morgan fingerprint density at radius 2 is 0.590 bits per heavy atom. The van der Waals surface area contributed by atoms with Crippen LogP contribution in [0.25, 0.3) is 93.5 Å². The molecule has 0 amide bonds. The molecule has 0 saturated heterocycles. The van der Waals surface area contributed by atoms with Gasteiger partial charge >= 0.3 is 0 Å². The monoisotopic (exact) mass is 1060 g/mol. The molecule has 0 fully saturated rings. The number of anilines is 6. The minimum Gasteiger partial charge on any atom is -0.310 e. The van der Waals surface area contributed by atoms with Gasteiger partial charge in [-0.05, 0) is 150 Å². The lowest BCUT2D eigenvalue weighted by Gasteiger charge is -2.29. The number of fused-ring (bicyclic) bond motifs is 13. The second-order valence-electron chi connectivity index (χ2n) is 23.6. The van der Waals surface area contributed by atoms with E-state index in [9.17, 15) is 0 Å². The summed E-state index contributed by atoms with van der Waals surface area (Å²) in [6, 6.07) is 106. The van der Waals surface area contributed by atoms with E-state index in [1.165, 1.54) is 99.1 Å². The molecule has 3 nitrogen and oxygen atoms in total. The van der Waals surface area contributed by atoms with Crippen molar-refractivity contribution >= 4 is 77.5 Å². The average molecular weight is 1060 g/mol. The number of nitrogens with zero attached hydrogens (tertiary/aromatic N) is 3. The van der Waals surface area contributed by atoms with Gasteiger partial charge in [0.05, 0.1) is 22.4 Å². The Kier molecular flexibility index (Phi) is 10.9. The molecule has 0 aliphatic heterocycles. The van der Waals surface area contributed by atoms with Crippen LogP contribution in [0.5, 0.6) is 0 Å². The van der Waals surface area contributed by atoms with E-state index in [2.05, 4.69) is 327 Å². The van der Waals surface area contributed by atoms with E-state index in [1.807, 2.05) is 0 Å². The van der Waals surface area contributed by atoms with Gasteiger partial charge in [0, 0.05) is 60.8 Å². The highest BCUT2D eigenvalue weighted by atomic mass is 15.2. The largest absolute Gasteiger partial charge is 0.310 e. The van der Waals surface area contributed by atoms with Gasteiger partial charge in [-0.2, -0.15) is 0 Å². The Balaban J connectivity index is 0.978. The van der Waals surface area contributed by atoms with Gasteiger partial charge in [0.15, 0.2) is 0 Å². The summed E-state index contributed by atoms with van der Waals surface area (Å²) in [6.45, 7) is 9.52. The average Bonchev–Trinajstić information content (AvgIpc) is 2.80. The van der Waals surface area contributed by atoms with E-state index < -0.39 is 0 Å². The molecule has 394 valence electrons. The Morgan fingerprint density at radius 3 is 1.01 bits per heavy atom. The summed E-state index contributed by atoms with van der Waals surface area (Å²) >= 11 is 0. The molecule has 0 radical (unpaired) electrons. The fraction of sp³-hybridized carbons (Fsp3) is 0.0750. The zero-order valence-electron chi connectivity index (χ0n) is 47.0. The fourth-order valence-corrected chi connectivity index (χ4v) is 14.3. The first-order valence-electron chi connectivity index (χ1n) is 29.1.